The highest BCUT2D eigenvalue weighted by molar-refractivity contribution is 7.89. The third kappa shape index (κ3) is 3.42. The van der Waals surface area contributed by atoms with Gasteiger partial charge in [-0.2, -0.15) is 4.31 Å². The molecule has 6 nitrogen and oxygen atoms in total. The van der Waals surface area contributed by atoms with E-state index in [4.69, 9.17) is 0 Å². The van der Waals surface area contributed by atoms with Crippen molar-refractivity contribution in [1.29, 1.82) is 0 Å². The summed E-state index contributed by atoms with van der Waals surface area (Å²) in [5, 5.41) is 0. The number of carbonyl (C=O) groups is 1. The van der Waals surface area contributed by atoms with Gasteiger partial charge in [0.2, 0.25) is 10.0 Å². The number of fused-ring (bicyclic) bond motifs is 1. The molecule has 0 spiro atoms. The van der Waals surface area contributed by atoms with Crippen LogP contribution >= 0.6 is 0 Å². The van der Waals surface area contributed by atoms with Crippen LogP contribution < -0.4 is 0 Å². The average Bonchev–Trinajstić information content (AvgIpc) is 2.99. The molecule has 0 aliphatic carbocycles. The van der Waals surface area contributed by atoms with E-state index in [0.717, 1.165) is 5.56 Å². The van der Waals surface area contributed by atoms with E-state index in [-0.39, 0.29) is 35.9 Å². The van der Waals surface area contributed by atoms with Gasteiger partial charge in [-0.1, -0.05) is 30.3 Å². The second kappa shape index (κ2) is 6.94. The maximum Gasteiger partial charge on any atom is 0.320 e. The summed E-state index contributed by atoms with van der Waals surface area (Å²) < 4.78 is 40.2. The van der Waals surface area contributed by atoms with Crippen LogP contribution in [0.4, 0.5) is 9.18 Å². The molecule has 0 saturated carbocycles. The summed E-state index contributed by atoms with van der Waals surface area (Å²) in [6.07, 6.45) is 0. The summed E-state index contributed by atoms with van der Waals surface area (Å²) in [7, 11) is -3.56. The first-order valence-corrected chi connectivity index (χ1v) is 10.2. The Balaban J connectivity index is 1.47. The Morgan fingerprint density at radius 2 is 1.67 bits per heavy atom. The Morgan fingerprint density at radius 1 is 0.963 bits per heavy atom. The van der Waals surface area contributed by atoms with Crippen LogP contribution in [0.3, 0.4) is 0 Å². The van der Waals surface area contributed by atoms with E-state index in [1.165, 1.54) is 16.4 Å². The van der Waals surface area contributed by atoms with Gasteiger partial charge in [-0.05, 0) is 29.8 Å². The van der Waals surface area contributed by atoms with Gasteiger partial charge in [-0.3, -0.25) is 0 Å². The number of nitrogens with zero attached hydrogens (tertiary/aromatic N) is 3. The summed E-state index contributed by atoms with van der Waals surface area (Å²) in [6.45, 7) is 1.77. The zero-order valence-electron chi connectivity index (χ0n) is 14.7. The van der Waals surface area contributed by atoms with Crippen molar-refractivity contribution in [2.75, 3.05) is 26.2 Å². The fourth-order valence-corrected chi connectivity index (χ4v) is 5.14. The van der Waals surface area contributed by atoms with Crippen molar-refractivity contribution >= 4 is 16.1 Å². The van der Waals surface area contributed by atoms with Gasteiger partial charge in [0.1, 0.15) is 5.82 Å². The number of halogens is 1. The van der Waals surface area contributed by atoms with Crippen molar-refractivity contribution in [3.8, 4) is 0 Å². The minimum absolute atomic E-state index is 0.0962. The molecule has 1 atom stereocenters. The monoisotopic (exact) mass is 389 g/mol. The maximum atomic E-state index is 13.1. The average molecular weight is 389 g/mol. The number of carbonyl (C=O) groups excluding carboxylic acids is 1. The Morgan fingerprint density at radius 3 is 2.37 bits per heavy atom. The number of urea groups is 1. The van der Waals surface area contributed by atoms with Crippen LogP contribution in [0.1, 0.15) is 5.56 Å². The summed E-state index contributed by atoms with van der Waals surface area (Å²) in [5.41, 5.74) is 0.846. The molecule has 0 aromatic heterocycles. The van der Waals surface area contributed by atoms with Gasteiger partial charge in [0.25, 0.3) is 0 Å². The Labute approximate surface area is 157 Å². The molecule has 142 valence electrons. The van der Waals surface area contributed by atoms with Crippen LogP contribution in [-0.4, -0.2) is 60.8 Å². The number of amides is 2. The van der Waals surface area contributed by atoms with Crippen molar-refractivity contribution in [1.82, 2.24) is 14.1 Å². The molecule has 2 amide bonds. The van der Waals surface area contributed by atoms with Crippen molar-refractivity contribution in [2.45, 2.75) is 17.5 Å². The highest BCUT2D eigenvalue weighted by Gasteiger charge is 2.43. The number of piperazine rings is 1. The minimum atomic E-state index is -3.56. The standard InChI is InChI=1S/C19H20FN3O3S/c20-16-8-6-15(7-9-16)12-21-13-17-14-22(10-11-23(17)19(21)24)27(25,26)18-4-2-1-3-5-18/h1-9,17H,10-14H2. The van der Waals surface area contributed by atoms with E-state index in [1.54, 1.807) is 52.3 Å². The second-order valence-corrected chi connectivity index (χ2v) is 8.75. The highest BCUT2D eigenvalue weighted by atomic mass is 32.2. The molecule has 0 radical (unpaired) electrons. The van der Waals surface area contributed by atoms with Gasteiger partial charge in [0.15, 0.2) is 0 Å². The Hall–Kier alpha value is -2.45. The number of hydrogen-bond donors (Lipinski definition) is 0. The van der Waals surface area contributed by atoms with E-state index in [0.29, 0.717) is 19.6 Å². The molecule has 2 aliphatic rings. The van der Waals surface area contributed by atoms with E-state index >= 15 is 0 Å². The minimum Gasteiger partial charge on any atom is -0.318 e. The lowest BCUT2D eigenvalue weighted by atomic mass is 10.2. The van der Waals surface area contributed by atoms with Crippen LogP contribution in [0.25, 0.3) is 0 Å². The third-order valence-corrected chi connectivity index (χ3v) is 6.94. The predicted molar refractivity (Wildman–Crippen MR) is 97.9 cm³/mol. The Kier molecular flexibility index (Phi) is 4.61. The number of sulfonamides is 1. The Bertz CT molecular complexity index is 934. The van der Waals surface area contributed by atoms with Gasteiger partial charge < -0.3 is 9.80 Å². The smallest absolute Gasteiger partial charge is 0.318 e. The highest BCUT2D eigenvalue weighted by Crippen LogP contribution is 2.26. The largest absolute Gasteiger partial charge is 0.320 e. The number of benzene rings is 2. The second-order valence-electron chi connectivity index (χ2n) is 6.81. The van der Waals surface area contributed by atoms with Gasteiger partial charge >= 0.3 is 6.03 Å². The summed E-state index contributed by atoms with van der Waals surface area (Å²) >= 11 is 0. The molecule has 2 saturated heterocycles. The fourth-order valence-electron chi connectivity index (χ4n) is 3.65. The first-order valence-electron chi connectivity index (χ1n) is 8.80. The fraction of sp³-hybridized carbons (Fsp3) is 0.316. The van der Waals surface area contributed by atoms with Gasteiger partial charge in [-0.25, -0.2) is 17.6 Å². The maximum absolute atomic E-state index is 13.1. The third-order valence-electron chi connectivity index (χ3n) is 5.06. The molecule has 0 N–H and O–H groups in total. The van der Waals surface area contributed by atoms with Gasteiger partial charge in [0.05, 0.1) is 10.9 Å². The SMILES string of the molecule is O=C1N(Cc2ccc(F)cc2)CC2CN(S(=O)(=O)c3ccccc3)CCN12. The molecule has 0 bridgehead atoms. The summed E-state index contributed by atoms with van der Waals surface area (Å²) in [5.74, 6) is -0.314. The molecule has 2 aromatic carbocycles. The lowest BCUT2D eigenvalue weighted by Crippen LogP contribution is -2.53. The molecule has 2 aliphatic heterocycles. The molecule has 2 heterocycles. The molecular formula is C19H20FN3O3S. The van der Waals surface area contributed by atoms with Crippen LogP contribution in [0.15, 0.2) is 59.5 Å². The van der Waals surface area contributed by atoms with Crippen LogP contribution in [0, 0.1) is 5.82 Å². The molecule has 8 heteroatoms. The number of hydrogen-bond acceptors (Lipinski definition) is 3. The van der Waals surface area contributed by atoms with Crippen molar-refractivity contribution < 1.29 is 17.6 Å². The van der Waals surface area contributed by atoms with Crippen molar-refractivity contribution in [3.63, 3.8) is 0 Å². The number of rotatable bonds is 4. The normalized spacial score (nSPS) is 20.8. The topological polar surface area (TPSA) is 60.9 Å². The molecule has 1 unspecified atom stereocenters. The zero-order chi connectivity index (χ0) is 19.0. The summed E-state index contributed by atoms with van der Waals surface area (Å²) in [6, 6.07) is 14.1. The van der Waals surface area contributed by atoms with E-state index in [9.17, 15) is 17.6 Å². The van der Waals surface area contributed by atoms with E-state index in [1.807, 2.05) is 0 Å². The van der Waals surface area contributed by atoms with Crippen LogP contribution in [0.5, 0.6) is 0 Å². The first-order chi connectivity index (χ1) is 12.9. The quantitative estimate of drug-likeness (QED) is 0.805. The van der Waals surface area contributed by atoms with E-state index < -0.39 is 10.0 Å². The zero-order valence-corrected chi connectivity index (χ0v) is 15.5. The van der Waals surface area contributed by atoms with Crippen LogP contribution in [0.2, 0.25) is 0 Å². The van der Waals surface area contributed by atoms with Crippen molar-refractivity contribution in [3.05, 3.63) is 66.0 Å². The van der Waals surface area contributed by atoms with E-state index in [2.05, 4.69) is 0 Å². The summed E-state index contributed by atoms with van der Waals surface area (Å²) in [4.78, 5) is 16.3. The molecule has 2 fully saturated rings. The molecular weight excluding hydrogens is 369 g/mol. The van der Waals surface area contributed by atoms with Crippen LogP contribution in [-0.2, 0) is 16.6 Å². The predicted octanol–water partition coefficient (Wildman–Crippen LogP) is 2.14. The van der Waals surface area contributed by atoms with Crippen molar-refractivity contribution in [2.24, 2.45) is 0 Å². The molecule has 2 aromatic rings. The molecule has 4 rings (SSSR count). The molecule has 27 heavy (non-hydrogen) atoms. The van der Waals surface area contributed by atoms with Gasteiger partial charge in [0, 0.05) is 32.7 Å². The lowest BCUT2D eigenvalue weighted by Gasteiger charge is -2.35. The lowest BCUT2D eigenvalue weighted by molar-refractivity contribution is 0.159. The van der Waals surface area contributed by atoms with Gasteiger partial charge in [-0.15, -0.1) is 0 Å². The first kappa shape index (κ1) is 17.9.